The standard InChI is InChI=1S/C29H25F2N3O5S/c1-15-7-5-6-8-19(15)33-26(35)24-17(3)32-29-34(25(24)21-11-9-16(2)38-21)27(36)23(40-29)14-18-10-12-20(39-28(30)31)22(13-18)37-4/h5-14,25,28H,1-4H3,(H,33,35)/b23-14+/t25-/m0/s1. The molecule has 0 aliphatic carbocycles. The molecule has 5 rings (SSSR count). The van der Waals surface area contributed by atoms with Gasteiger partial charge < -0.3 is 19.2 Å². The fourth-order valence-electron chi connectivity index (χ4n) is 4.50. The number of benzene rings is 2. The van der Waals surface area contributed by atoms with Crippen molar-refractivity contribution in [1.82, 2.24) is 4.57 Å². The zero-order chi connectivity index (χ0) is 28.6. The van der Waals surface area contributed by atoms with Crippen molar-refractivity contribution in [2.75, 3.05) is 12.4 Å². The Bertz CT molecular complexity index is 1820. The Kier molecular flexibility index (Phi) is 7.40. The molecule has 2 aromatic heterocycles. The molecule has 0 unspecified atom stereocenters. The quantitative estimate of drug-likeness (QED) is 0.351. The summed E-state index contributed by atoms with van der Waals surface area (Å²) in [4.78, 5) is 32.4. The molecule has 0 bridgehead atoms. The number of methoxy groups -OCH3 is 1. The molecule has 1 N–H and O–H groups in total. The van der Waals surface area contributed by atoms with Crippen LogP contribution in [0.4, 0.5) is 14.5 Å². The van der Waals surface area contributed by atoms with Crippen LogP contribution in [-0.2, 0) is 4.79 Å². The van der Waals surface area contributed by atoms with E-state index in [1.165, 1.54) is 29.9 Å². The number of para-hydroxylation sites is 1. The van der Waals surface area contributed by atoms with Crippen molar-refractivity contribution in [2.24, 2.45) is 4.99 Å². The van der Waals surface area contributed by atoms with E-state index in [9.17, 15) is 18.4 Å². The van der Waals surface area contributed by atoms with Crippen molar-refractivity contribution in [3.63, 3.8) is 0 Å². The number of aryl methyl sites for hydroxylation is 2. The van der Waals surface area contributed by atoms with Gasteiger partial charge in [-0.2, -0.15) is 8.78 Å². The number of nitrogens with zero attached hydrogens (tertiary/aromatic N) is 2. The van der Waals surface area contributed by atoms with E-state index in [0.717, 1.165) is 16.9 Å². The summed E-state index contributed by atoms with van der Waals surface area (Å²) in [5.41, 5.74) is 2.41. The summed E-state index contributed by atoms with van der Waals surface area (Å²) in [5, 5.41) is 2.95. The zero-order valence-corrected chi connectivity index (χ0v) is 22.8. The third kappa shape index (κ3) is 5.20. The van der Waals surface area contributed by atoms with Gasteiger partial charge in [0.2, 0.25) is 0 Å². The van der Waals surface area contributed by atoms with Crippen LogP contribution in [0.3, 0.4) is 0 Å². The van der Waals surface area contributed by atoms with Crippen molar-refractivity contribution in [2.45, 2.75) is 33.4 Å². The number of alkyl halides is 2. The number of thiazole rings is 1. The molecule has 1 atom stereocenters. The summed E-state index contributed by atoms with van der Waals surface area (Å²) in [6.07, 6.45) is 1.61. The number of hydrogen-bond acceptors (Lipinski definition) is 7. The number of furan rings is 1. The second-order valence-electron chi connectivity index (χ2n) is 9.09. The second kappa shape index (κ2) is 10.9. The maximum Gasteiger partial charge on any atom is 0.387 e. The summed E-state index contributed by atoms with van der Waals surface area (Å²) in [7, 11) is 1.34. The zero-order valence-electron chi connectivity index (χ0n) is 22.0. The molecule has 1 aliphatic rings. The molecule has 4 aromatic rings. The highest BCUT2D eigenvalue weighted by atomic mass is 32.1. The lowest BCUT2D eigenvalue weighted by atomic mass is 10.00. The van der Waals surface area contributed by atoms with Gasteiger partial charge in [-0.3, -0.25) is 14.2 Å². The van der Waals surface area contributed by atoms with Crippen molar-refractivity contribution < 1.29 is 27.5 Å². The van der Waals surface area contributed by atoms with Crippen LogP contribution >= 0.6 is 11.3 Å². The van der Waals surface area contributed by atoms with Gasteiger partial charge in [-0.25, -0.2) is 4.99 Å². The Morgan fingerprint density at radius 2 is 1.90 bits per heavy atom. The number of ether oxygens (including phenoxy) is 2. The molecular formula is C29H25F2N3O5S. The number of hydrogen-bond donors (Lipinski definition) is 1. The van der Waals surface area contributed by atoms with Gasteiger partial charge in [-0.1, -0.05) is 35.6 Å². The van der Waals surface area contributed by atoms with Crippen molar-refractivity contribution in [3.8, 4) is 11.5 Å². The van der Waals surface area contributed by atoms with Crippen LogP contribution in [0.25, 0.3) is 6.08 Å². The molecule has 40 heavy (non-hydrogen) atoms. The van der Waals surface area contributed by atoms with Gasteiger partial charge in [0.05, 0.1) is 22.9 Å². The van der Waals surface area contributed by atoms with Gasteiger partial charge in [0.1, 0.15) is 17.6 Å². The van der Waals surface area contributed by atoms with E-state index in [0.29, 0.717) is 37.8 Å². The minimum atomic E-state index is -3.01. The second-order valence-corrected chi connectivity index (χ2v) is 10.1. The highest BCUT2D eigenvalue weighted by molar-refractivity contribution is 7.07. The highest BCUT2D eigenvalue weighted by Crippen LogP contribution is 2.32. The minimum Gasteiger partial charge on any atom is -0.493 e. The van der Waals surface area contributed by atoms with E-state index in [1.807, 2.05) is 25.1 Å². The summed E-state index contributed by atoms with van der Waals surface area (Å²) in [6.45, 7) is 2.39. The van der Waals surface area contributed by atoms with E-state index in [2.05, 4.69) is 15.0 Å². The molecule has 0 spiro atoms. The van der Waals surface area contributed by atoms with E-state index in [-0.39, 0.29) is 22.6 Å². The van der Waals surface area contributed by atoms with Gasteiger partial charge in [-0.15, -0.1) is 0 Å². The van der Waals surface area contributed by atoms with Gasteiger partial charge in [0.15, 0.2) is 16.3 Å². The Balaban J connectivity index is 1.62. The first kappa shape index (κ1) is 27.1. The number of carbonyl (C=O) groups is 1. The molecular weight excluding hydrogens is 540 g/mol. The fourth-order valence-corrected chi connectivity index (χ4v) is 5.55. The van der Waals surface area contributed by atoms with E-state index >= 15 is 0 Å². The largest absolute Gasteiger partial charge is 0.493 e. The Morgan fingerprint density at radius 1 is 1.12 bits per heavy atom. The summed E-state index contributed by atoms with van der Waals surface area (Å²) in [6, 6.07) is 14.4. The molecule has 206 valence electrons. The Hall–Kier alpha value is -4.51. The van der Waals surface area contributed by atoms with Crippen LogP contribution in [0.15, 0.2) is 80.1 Å². The van der Waals surface area contributed by atoms with Crippen LogP contribution < -0.4 is 29.7 Å². The molecule has 0 fully saturated rings. The number of carbonyl (C=O) groups excluding carboxylic acids is 1. The molecule has 1 amide bonds. The molecule has 0 radical (unpaired) electrons. The van der Waals surface area contributed by atoms with Gasteiger partial charge in [0.25, 0.3) is 11.5 Å². The molecule has 11 heteroatoms. The minimum absolute atomic E-state index is 0.0942. The lowest BCUT2D eigenvalue weighted by molar-refractivity contribution is -0.113. The monoisotopic (exact) mass is 565 g/mol. The van der Waals surface area contributed by atoms with Crippen LogP contribution in [0, 0.1) is 13.8 Å². The molecule has 0 saturated carbocycles. The third-order valence-electron chi connectivity index (χ3n) is 6.39. The Morgan fingerprint density at radius 3 is 2.58 bits per heavy atom. The van der Waals surface area contributed by atoms with E-state index in [1.54, 1.807) is 38.1 Å². The lowest BCUT2D eigenvalue weighted by Crippen LogP contribution is -2.40. The number of anilines is 1. The first-order valence-electron chi connectivity index (χ1n) is 12.2. The molecule has 1 aliphatic heterocycles. The maximum atomic E-state index is 13.8. The Labute approximate surface area is 231 Å². The van der Waals surface area contributed by atoms with Crippen LogP contribution in [0.1, 0.15) is 35.6 Å². The first-order chi connectivity index (χ1) is 19.2. The predicted molar refractivity (Wildman–Crippen MR) is 147 cm³/mol. The maximum absolute atomic E-state index is 13.8. The fraction of sp³-hybridized carbons (Fsp3) is 0.207. The van der Waals surface area contributed by atoms with E-state index < -0.39 is 18.6 Å². The van der Waals surface area contributed by atoms with Crippen molar-refractivity contribution in [3.05, 3.63) is 108 Å². The van der Waals surface area contributed by atoms with Crippen LogP contribution in [-0.4, -0.2) is 24.2 Å². The molecule has 8 nitrogen and oxygen atoms in total. The molecule has 3 heterocycles. The number of allylic oxidation sites excluding steroid dienone is 1. The average Bonchev–Trinajstić information content (AvgIpc) is 3.47. The number of aromatic nitrogens is 1. The van der Waals surface area contributed by atoms with Gasteiger partial charge in [0, 0.05) is 5.69 Å². The lowest BCUT2D eigenvalue weighted by Gasteiger charge is -2.23. The third-order valence-corrected chi connectivity index (χ3v) is 7.37. The topological polar surface area (TPSA) is 95.1 Å². The number of nitrogens with one attached hydrogen (secondary N) is 1. The number of halogens is 2. The van der Waals surface area contributed by atoms with Gasteiger partial charge >= 0.3 is 6.61 Å². The average molecular weight is 566 g/mol. The predicted octanol–water partition coefficient (Wildman–Crippen LogP) is 4.69. The highest BCUT2D eigenvalue weighted by Gasteiger charge is 2.34. The van der Waals surface area contributed by atoms with Crippen molar-refractivity contribution in [1.29, 1.82) is 0 Å². The number of fused-ring (bicyclic) bond motifs is 1. The first-order valence-corrected chi connectivity index (χ1v) is 13.1. The smallest absolute Gasteiger partial charge is 0.387 e. The summed E-state index contributed by atoms with van der Waals surface area (Å²) >= 11 is 1.14. The van der Waals surface area contributed by atoms with Crippen LogP contribution in [0.2, 0.25) is 0 Å². The molecule has 2 aromatic carbocycles. The summed E-state index contributed by atoms with van der Waals surface area (Å²) in [5.74, 6) is 0.623. The normalized spacial score (nSPS) is 15.2. The van der Waals surface area contributed by atoms with Crippen molar-refractivity contribution >= 4 is 29.0 Å². The summed E-state index contributed by atoms with van der Waals surface area (Å²) < 4.78 is 42.8. The number of amides is 1. The van der Waals surface area contributed by atoms with E-state index in [4.69, 9.17) is 9.15 Å². The number of rotatable bonds is 7. The molecule has 0 saturated heterocycles. The van der Waals surface area contributed by atoms with Crippen LogP contribution in [0.5, 0.6) is 11.5 Å². The SMILES string of the molecule is COc1cc(/C=c2/sc3n(c2=O)[C@@H](c2ccc(C)o2)C(C(=O)Nc2ccccc2C)=C(C)N=3)ccc1OC(F)F. The van der Waals surface area contributed by atoms with Gasteiger partial charge in [-0.05, 0) is 68.3 Å².